The van der Waals surface area contributed by atoms with Crippen LogP contribution in [0.4, 0.5) is 4.39 Å². The number of hydrogen-bond donors (Lipinski definition) is 1. The van der Waals surface area contributed by atoms with E-state index in [4.69, 9.17) is 16.3 Å². The Kier molecular flexibility index (Phi) is 8.43. The van der Waals surface area contributed by atoms with Crippen LogP contribution in [0.15, 0.2) is 36.4 Å². The van der Waals surface area contributed by atoms with Crippen molar-refractivity contribution in [3.8, 4) is 0 Å². The van der Waals surface area contributed by atoms with Gasteiger partial charge in [0.1, 0.15) is 17.9 Å². The second kappa shape index (κ2) is 11.3. The van der Waals surface area contributed by atoms with Crippen molar-refractivity contribution in [3.05, 3.63) is 57.0 Å². The summed E-state index contributed by atoms with van der Waals surface area (Å²) >= 11 is 7.22. The number of benzene rings is 1. The molecule has 4 rings (SSSR count). The van der Waals surface area contributed by atoms with E-state index in [0.29, 0.717) is 42.6 Å². The summed E-state index contributed by atoms with van der Waals surface area (Å²) < 4.78 is 47.1. The molecule has 2 aliphatic heterocycles. The van der Waals surface area contributed by atoms with E-state index < -0.39 is 28.0 Å². The van der Waals surface area contributed by atoms with Crippen LogP contribution < -0.4 is 4.72 Å². The lowest BCUT2D eigenvalue weighted by molar-refractivity contribution is -0.146. The van der Waals surface area contributed by atoms with Crippen LogP contribution in [0.2, 0.25) is 4.34 Å². The summed E-state index contributed by atoms with van der Waals surface area (Å²) in [4.78, 5) is 30.6. The molecule has 12 heteroatoms. The number of sulfonamides is 1. The Morgan fingerprint density at radius 1 is 1.17 bits per heavy atom. The zero-order chi connectivity index (χ0) is 25.0. The van der Waals surface area contributed by atoms with Crippen LogP contribution >= 0.6 is 22.9 Å². The number of aryl methyl sites for hydroxylation is 1. The maximum atomic E-state index is 13.4. The average Bonchev–Trinajstić information content (AvgIpc) is 3.42. The van der Waals surface area contributed by atoms with Crippen molar-refractivity contribution in [1.29, 1.82) is 0 Å². The molecular weight excluding hydrogens is 517 g/mol. The standard InChI is InChI=1S/C23H27ClFN3O5S2/c24-21-6-5-18(34-21)8-14-35(31,32)26-19-7-9-28(22(19)29)20(15-16-1-3-17(25)4-2-16)23(30)27-10-12-33-13-11-27/h1-6,19-20,26H,7-15H2. The molecule has 0 aliphatic carbocycles. The first-order chi connectivity index (χ1) is 16.7. The SMILES string of the molecule is O=C(C(Cc1ccc(F)cc1)N1CCC(NS(=O)(=O)CCc2ccc(Cl)s2)C1=O)N1CCOCC1. The van der Waals surface area contributed by atoms with Gasteiger partial charge in [0.15, 0.2) is 0 Å². The molecule has 1 aromatic heterocycles. The number of morpholine rings is 1. The lowest BCUT2D eigenvalue weighted by atomic mass is 10.0. The van der Waals surface area contributed by atoms with Gasteiger partial charge in [0.25, 0.3) is 0 Å². The smallest absolute Gasteiger partial charge is 0.245 e. The highest BCUT2D eigenvalue weighted by atomic mass is 35.5. The van der Waals surface area contributed by atoms with Gasteiger partial charge in [-0.2, -0.15) is 0 Å². The molecule has 0 spiro atoms. The van der Waals surface area contributed by atoms with Crippen molar-refractivity contribution in [1.82, 2.24) is 14.5 Å². The van der Waals surface area contributed by atoms with Gasteiger partial charge in [-0.1, -0.05) is 23.7 Å². The second-order valence-corrected chi connectivity index (χ2v) is 12.2. The normalized spacial score (nSPS) is 19.8. The number of carbonyl (C=O) groups is 2. The summed E-state index contributed by atoms with van der Waals surface area (Å²) in [7, 11) is -3.73. The molecule has 1 N–H and O–H groups in total. The van der Waals surface area contributed by atoms with Crippen LogP contribution in [0, 0.1) is 5.82 Å². The first-order valence-electron chi connectivity index (χ1n) is 11.4. The van der Waals surface area contributed by atoms with Crippen LogP contribution in [0.3, 0.4) is 0 Å². The Labute approximate surface area is 213 Å². The number of likely N-dealkylation sites (tertiary alicyclic amines) is 1. The summed E-state index contributed by atoms with van der Waals surface area (Å²) in [6.45, 7) is 1.92. The molecular formula is C23H27ClFN3O5S2. The number of nitrogens with one attached hydrogen (secondary N) is 1. The Bertz CT molecular complexity index is 1150. The molecule has 0 saturated carbocycles. The lowest BCUT2D eigenvalue weighted by Gasteiger charge is -2.34. The summed E-state index contributed by atoms with van der Waals surface area (Å²) in [5, 5.41) is 0. The molecule has 2 fully saturated rings. The van der Waals surface area contributed by atoms with Gasteiger partial charge in [0.2, 0.25) is 21.8 Å². The number of nitrogens with zero attached hydrogens (tertiary/aromatic N) is 2. The van der Waals surface area contributed by atoms with E-state index in [-0.39, 0.29) is 36.9 Å². The third-order valence-corrected chi connectivity index (χ3v) is 8.81. The van der Waals surface area contributed by atoms with Crippen molar-refractivity contribution in [2.75, 3.05) is 38.6 Å². The zero-order valence-electron chi connectivity index (χ0n) is 19.0. The van der Waals surface area contributed by atoms with E-state index in [1.807, 2.05) is 0 Å². The number of amides is 2. The van der Waals surface area contributed by atoms with Gasteiger partial charge >= 0.3 is 0 Å². The molecule has 190 valence electrons. The number of halogens is 2. The molecule has 8 nitrogen and oxygen atoms in total. The van der Waals surface area contributed by atoms with Gasteiger partial charge in [0.05, 0.1) is 23.3 Å². The van der Waals surface area contributed by atoms with Gasteiger partial charge in [-0.15, -0.1) is 11.3 Å². The van der Waals surface area contributed by atoms with Gasteiger partial charge in [-0.3, -0.25) is 9.59 Å². The van der Waals surface area contributed by atoms with E-state index in [1.165, 1.54) is 28.4 Å². The highest BCUT2D eigenvalue weighted by Crippen LogP contribution is 2.23. The van der Waals surface area contributed by atoms with Gasteiger partial charge in [0, 0.05) is 30.9 Å². The monoisotopic (exact) mass is 543 g/mol. The van der Waals surface area contributed by atoms with E-state index in [9.17, 15) is 22.4 Å². The Morgan fingerprint density at radius 2 is 1.89 bits per heavy atom. The predicted molar refractivity (Wildman–Crippen MR) is 131 cm³/mol. The van der Waals surface area contributed by atoms with Gasteiger partial charge in [-0.25, -0.2) is 17.5 Å². The Morgan fingerprint density at radius 3 is 2.54 bits per heavy atom. The summed E-state index contributed by atoms with van der Waals surface area (Å²) in [5.74, 6) is -1.20. The average molecular weight is 544 g/mol. The molecule has 1 aromatic carbocycles. The van der Waals surface area contributed by atoms with Crippen LogP contribution in [-0.4, -0.2) is 80.7 Å². The molecule has 3 heterocycles. The van der Waals surface area contributed by atoms with Crippen molar-refractivity contribution < 1.29 is 27.1 Å². The van der Waals surface area contributed by atoms with E-state index >= 15 is 0 Å². The maximum absolute atomic E-state index is 13.4. The molecule has 2 saturated heterocycles. The van der Waals surface area contributed by atoms with E-state index in [0.717, 1.165) is 4.88 Å². The van der Waals surface area contributed by atoms with Crippen LogP contribution in [0.25, 0.3) is 0 Å². The largest absolute Gasteiger partial charge is 0.378 e. The fourth-order valence-electron chi connectivity index (χ4n) is 4.29. The Balaban J connectivity index is 1.45. The van der Waals surface area contributed by atoms with Crippen molar-refractivity contribution >= 4 is 44.8 Å². The number of rotatable bonds is 9. The van der Waals surface area contributed by atoms with Crippen molar-refractivity contribution in [3.63, 3.8) is 0 Å². The fourth-order valence-corrected chi connectivity index (χ4v) is 6.76. The first kappa shape index (κ1) is 26.0. The minimum absolute atomic E-state index is 0.167. The molecule has 2 amide bonds. The molecule has 2 aliphatic rings. The third-order valence-electron chi connectivity index (χ3n) is 6.13. The zero-order valence-corrected chi connectivity index (χ0v) is 21.4. The molecule has 0 bridgehead atoms. The summed E-state index contributed by atoms with van der Waals surface area (Å²) in [5.41, 5.74) is 0.712. The van der Waals surface area contributed by atoms with Crippen molar-refractivity contribution in [2.24, 2.45) is 0 Å². The topological polar surface area (TPSA) is 96.0 Å². The third kappa shape index (κ3) is 6.79. The van der Waals surface area contributed by atoms with Gasteiger partial charge in [-0.05, 0) is 42.7 Å². The predicted octanol–water partition coefficient (Wildman–Crippen LogP) is 2.07. The van der Waals surface area contributed by atoms with Gasteiger partial charge < -0.3 is 14.5 Å². The number of carbonyl (C=O) groups excluding carboxylic acids is 2. The fraction of sp³-hybridized carbons (Fsp3) is 0.478. The molecule has 2 atom stereocenters. The molecule has 2 aromatic rings. The van der Waals surface area contributed by atoms with Crippen molar-refractivity contribution in [2.45, 2.75) is 31.3 Å². The number of hydrogen-bond acceptors (Lipinski definition) is 6. The minimum atomic E-state index is -3.73. The number of thiophene rings is 1. The highest BCUT2D eigenvalue weighted by molar-refractivity contribution is 7.89. The van der Waals surface area contributed by atoms with Crippen LogP contribution in [0.5, 0.6) is 0 Å². The second-order valence-electron chi connectivity index (χ2n) is 8.55. The summed E-state index contributed by atoms with van der Waals surface area (Å²) in [6.07, 6.45) is 0.764. The molecule has 2 unspecified atom stereocenters. The van der Waals surface area contributed by atoms with Crippen LogP contribution in [0.1, 0.15) is 16.9 Å². The lowest BCUT2D eigenvalue weighted by Crippen LogP contribution is -2.54. The van der Waals surface area contributed by atoms with E-state index in [2.05, 4.69) is 4.72 Å². The maximum Gasteiger partial charge on any atom is 0.245 e. The van der Waals surface area contributed by atoms with E-state index in [1.54, 1.807) is 29.2 Å². The quantitative estimate of drug-likeness (QED) is 0.522. The highest BCUT2D eigenvalue weighted by Gasteiger charge is 2.41. The molecule has 0 radical (unpaired) electrons. The number of ether oxygens (including phenoxy) is 1. The van der Waals surface area contributed by atoms with Crippen LogP contribution in [-0.2, 0) is 37.2 Å². The summed E-state index contributed by atoms with van der Waals surface area (Å²) in [6, 6.07) is 7.56. The Hall–Kier alpha value is -2.05. The minimum Gasteiger partial charge on any atom is -0.378 e. The molecule has 35 heavy (non-hydrogen) atoms. The first-order valence-corrected chi connectivity index (χ1v) is 14.2.